The molecule has 0 saturated carbocycles. The standard InChI is InChI=1S/C6H12S/c1-5-3-6(2)7-4-5/h5-6H,3-4H2,1-2H3. The van der Waals surface area contributed by atoms with Gasteiger partial charge in [-0.25, -0.2) is 0 Å². The van der Waals surface area contributed by atoms with Crippen molar-refractivity contribution in [1.29, 1.82) is 0 Å². The molecule has 1 fully saturated rings. The molecule has 2 unspecified atom stereocenters. The highest BCUT2D eigenvalue weighted by atomic mass is 32.2. The summed E-state index contributed by atoms with van der Waals surface area (Å²) < 4.78 is 0. The molecule has 42 valence electrons. The molecular weight excluding hydrogens is 104 g/mol. The second-order valence-electron chi connectivity index (χ2n) is 2.48. The Hall–Kier alpha value is 0.350. The van der Waals surface area contributed by atoms with E-state index in [1.165, 1.54) is 12.2 Å². The Balaban J connectivity index is 2.26. The molecule has 0 N–H and O–H groups in total. The van der Waals surface area contributed by atoms with Crippen LogP contribution in [0.5, 0.6) is 0 Å². The highest BCUT2D eigenvalue weighted by Gasteiger charge is 2.16. The minimum atomic E-state index is 0.940. The van der Waals surface area contributed by atoms with Gasteiger partial charge in [0.15, 0.2) is 0 Å². The summed E-state index contributed by atoms with van der Waals surface area (Å²) in [6.07, 6.45) is 1.44. The highest BCUT2D eigenvalue weighted by molar-refractivity contribution is 8.00. The average Bonchev–Trinajstić information content (AvgIpc) is 1.87. The summed E-state index contributed by atoms with van der Waals surface area (Å²) in [6, 6.07) is 0. The minimum absolute atomic E-state index is 0.940. The van der Waals surface area contributed by atoms with Gasteiger partial charge in [0.1, 0.15) is 0 Å². The number of hydrogen-bond acceptors (Lipinski definition) is 1. The first kappa shape index (κ1) is 5.49. The highest BCUT2D eigenvalue weighted by Crippen LogP contribution is 2.29. The molecule has 0 spiro atoms. The monoisotopic (exact) mass is 116 g/mol. The molecule has 0 radical (unpaired) electrons. The van der Waals surface area contributed by atoms with E-state index in [0.29, 0.717) is 0 Å². The quantitative estimate of drug-likeness (QED) is 0.467. The molecular formula is C6H12S. The van der Waals surface area contributed by atoms with Gasteiger partial charge in [0.2, 0.25) is 0 Å². The maximum atomic E-state index is 2.33. The van der Waals surface area contributed by atoms with Gasteiger partial charge in [-0.2, -0.15) is 11.8 Å². The van der Waals surface area contributed by atoms with Crippen LogP contribution >= 0.6 is 11.8 Å². The van der Waals surface area contributed by atoms with E-state index in [1.807, 2.05) is 0 Å². The molecule has 0 bridgehead atoms. The fourth-order valence-electron chi connectivity index (χ4n) is 1.03. The van der Waals surface area contributed by atoms with Crippen LogP contribution in [-0.4, -0.2) is 11.0 Å². The van der Waals surface area contributed by atoms with Crippen LogP contribution in [0.25, 0.3) is 0 Å². The van der Waals surface area contributed by atoms with Gasteiger partial charge in [-0.3, -0.25) is 0 Å². The lowest BCUT2D eigenvalue weighted by Crippen LogP contribution is -1.90. The topological polar surface area (TPSA) is 0 Å². The third kappa shape index (κ3) is 1.37. The van der Waals surface area contributed by atoms with Crippen LogP contribution in [0.15, 0.2) is 0 Å². The van der Waals surface area contributed by atoms with E-state index >= 15 is 0 Å². The van der Waals surface area contributed by atoms with Gasteiger partial charge in [-0.1, -0.05) is 13.8 Å². The zero-order chi connectivity index (χ0) is 5.28. The first-order valence-electron chi connectivity index (χ1n) is 2.90. The van der Waals surface area contributed by atoms with Crippen molar-refractivity contribution >= 4 is 11.8 Å². The molecule has 1 aliphatic rings. The lowest BCUT2D eigenvalue weighted by Gasteiger charge is -1.94. The van der Waals surface area contributed by atoms with Crippen molar-refractivity contribution in [3.05, 3.63) is 0 Å². The summed E-state index contributed by atoms with van der Waals surface area (Å²) in [5.41, 5.74) is 0. The Morgan fingerprint density at radius 3 is 2.29 bits per heavy atom. The summed E-state index contributed by atoms with van der Waals surface area (Å²) in [6.45, 7) is 4.64. The fourth-order valence-corrected chi connectivity index (χ4v) is 2.29. The molecule has 0 aromatic rings. The van der Waals surface area contributed by atoms with Gasteiger partial charge in [0.05, 0.1) is 0 Å². The predicted octanol–water partition coefficient (Wildman–Crippen LogP) is 2.15. The van der Waals surface area contributed by atoms with E-state index in [2.05, 4.69) is 25.6 Å². The van der Waals surface area contributed by atoms with Crippen LogP contribution in [0, 0.1) is 5.92 Å². The van der Waals surface area contributed by atoms with Crippen LogP contribution in [0.3, 0.4) is 0 Å². The largest absolute Gasteiger partial charge is 0.159 e. The molecule has 0 amide bonds. The van der Waals surface area contributed by atoms with Crippen molar-refractivity contribution in [3.8, 4) is 0 Å². The molecule has 1 heteroatoms. The average molecular weight is 116 g/mol. The predicted molar refractivity (Wildman–Crippen MR) is 35.7 cm³/mol. The van der Waals surface area contributed by atoms with E-state index in [-0.39, 0.29) is 0 Å². The van der Waals surface area contributed by atoms with E-state index < -0.39 is 0 Å². The molecule has 7 heavy (non-hydrogen) atoms. The third-order valence-electron chi connectivity index (χ3n) is 1.40. The zero-order valence-electron chi connectivity index (χ0n) is 4.98. The van der Waals surface area contributed by atoms with E-state index in [4.69, 9.17) is 0 Å². The molecule has 1 rings (SSSR count). The van der Waals surface area contributed by atoms with Gasteiger partial charge in [0.25, 0.3) is 0 Å². The van der Waals surface area contributed by atoms with Gasteiger partial charge in [-0.15, -0.1) is 0 Å². The van der Waals surface area contributed by atoms with E-state index in [1.54, 1.807) is 0 Å². The fraction of sp³-hybridized carbons (Fsp3) is 1.00. The van der Waals surface area contributed by atoms with Crippen LogP contribution < -0.4 is 0 Å². The van der Waals surface area contributed by atoms with Crippen molar-refractivity contribution in [3.63, 3.8) is 0 Å². The Kier molecular flexibility index (Phi) is 1.63. The minimum Gasteiger partial charge on any atom is -0.159 e. The number of rotatable bonds is 0. The number of hydrogen-bond donors (Lipinski definition) is 0. The van der Waals surface area contributed by atoms with E-state index in [0.717, 1.165) is 11.2 Å². The van der Waals surface area contributed by atoms with Crippen molar-refractivity contribution in [2.24, 2.45) is 5.92 Å². The van der Waals surface area contributed by atoms with Crippen molar-refractivity contribution in [2.75, 3.05) is 5.75 Å². The summed E-state index contributed by atoms with van der Waals surface area (Å²) in [5, 5.41) is 0.940. The van der Waals surface area contributed by atoms with Gasteiger partial charge in [-0.05, 0) is 18.1 Å². The molecule has 1 saturated heterocycles. The van der Waals surface area contributed by atoms with Crippen LogP contribution in [0.4, 0.5) is 0 Å². The van der Waals surface area contributed by atoms with E-state index in [9.17, 15) is 0 Å². The molecule has 0 aliphatic carbocycles. The van der Waals surface area contributed by atoms with Gasteiger partial charge >= 0.3 is 0 Å². The molecule has 0 nitrogen and oxygen atoms in total. The maximum Gasteiger partial charge on any atom is 0.00216 e. The normalized spacial score (nSPS) is 42.0. The second-order valence-corrected chi connectivity index (χ2v) is 3.96. The van der Waals surface area contributed by atoms with Crippen molar-refractivity contribution < 1.29 is 0 Å². The van der Waals surface area contributed by atoms with Gasteiger partial charge < -0.3 is 0 Å². The van der Waals surface area contributed by atoms with Crippen LogP contribution in [0.2, 0.25) is 0 Å². The summed E-state index contributed by atoms with van der Waals surface area (Å²) in [4.78, 5) is 0. The smallest absolute Gasteiger partial charge is 0.00216 e. The van der Waals surface area contributed by atoms with Gasteiger partial charge in [0, 0.05) is 5.25 Å². The molecule has 2 atom stereocenters. The lowest BCUT2D eigenvalue weighted by molar-refractivity contribution is 0.626. The molecule has 1 heterocycles. The van der Waals surface area contributed by atoms with Crippen molar-refractivity contribution in [1.82, 2.24) is 0 Å². The first-order chi connectivity index (χ1) is 3.29. The Morgan fingerprint density at radius 1 is 1.43 bits per heavy atom. The molecule has 0 aromatic carbocycles. The Morgan fingerprint density at radius 2 is 2.14 bits per heavy atom. The van der Waals surface area contributed by atoms with Crippen molar-refractivity contribution in [2.45, 2.75) is 25.5 Å². The lowest BCUT2D eigenvalue weighted by atomic mass is 10.1. The Labute approximate surface area is 49.7 Å². The summed E-state index contributed by atoms with van der Waals surface area (Å²) in [7, 11) is 0. The molecule has 0 aromatic heterocycles. The van der Waals surface area contributed by atoms with Crippen LogP contribution in [-0.2, 0) is 0 Å². The summed E-state index contributed by atoms with van der Waals surface area (Å²) in [5.74, 6) is 2.38. The summed E-state index contributed by atoms with van der Waals surface area (Å²) >= 11 is 2.11. The maximum absolute atomic E-state index is 2.33. The zero-order valence-corrected chi connectivity index (χ0v) is 5.79. The third-order valence-corrected chi connectivity index (χ3v) is 2.92. The number of thioether (sulfide) groups is 1. The molecule has 1 aliphatic heterocycles. The first-order valence-corrected chi connectivity index (χ1v) is 3.95. The second kappa shape index (κ2) is 2.08. The van der Waals surface area contributed by atoms with Crippen LogP contribution in [0.1, 0.15) is 20.3 Å². The SMILES string of the molecule is CC1CSC(C)C1. The Bertz CT molecular complexity index is 53.2.